The van der Waals surface area contributed by atoms with Crippen LogP contribution in [0, 0.1) is 5.92 Å². The second-order valence-corrected chi connectivity index (χ2v) is 5.94. The highest BCUT2D eigenvalue weighted by atomic mass is 127. The zero-order valence-electron chi connectivity index (χ0n) is 14.0. The quantitative estimate of drug-likeness (QED) is 0.389. The van der Waals surface area contributed by atoms with Crippen molar-refractivity contribution in [2.24, 2.45) is 16.6 Å². The summed E-state index contributed by atoms with van der Waals surface area (Å²) in [5, 5.41) is 2.87. The number of nitrogens with two attached hydrogens (primary N) is 1. The number of hydrogen-bond donors (Lipinski definition) is 2. The van der Waals surface area contributed by atoms with E-state index >= 15 is 0 Å². The van der Waals surface area contributed by atoms with Crippen molar-refractivity contribution in [1.82, 2.24) is 10.2 Å². The minimum atomic E-state index is -0.380. The molecule has 0 saturated carbocycles. The number of likely N-dealkylation sites (tertiary alicyclic amines) is 1. The van der Waals surface area contributed by atoms with Gasteiger partial charge in [-0.15, -0.1) is 24.0 Å². The Morgan fingerprint density at radius 3 is 2.50 bits per heavy atom. The maximum Gasteiger partial charge on any atom is 0.407 e. The van der Waals surface area contributed by atoms with Crippen LogP contribution in [-0.2, 0) is 4.74 Å². The van der Waals surface area contributed by atoms with Gasteiger partial charge in [-0.25, -0.2) is 4.79 Å². The Morgan fingerprint density at radius 2 is 1.95 bits per heavy atom. The average molecular weight is 426 g/mol. The van der Waals surface area contributed by atoms with Crippen molar-refractivity contribution >= 4 is 36.0 Å². The highest BCUT2D eigenvalue weighted by Crippen LogP contribution is 2.09. The Bertz CT molecular complexity index is 344. The molecule has 0 radical (unpaired) electrons. The Labute approximate surface area is 151 Å². The van der Waals surface area contributed by atoms with Crippen LogP contribution in [0.5, 0.6) is 0 Å². The van der Waals surface area contributed by atoms with Crippen molar-refractivity contribution in [3.05, 3.63) is 0 Å². The molecule has 0 aliphatic carbocycles. The number of carbonyl (C=O) groups excluding carboxylic acids is 1. The Morgan fingerprint density at radius 1 is 1.32 bits per heavy atom. The summed E-state index contributed by atoms with van der Waals surface area (Å²) < 4.78 is 4.94. The molecule has 1 saturated heterocycles. The summed E-state index contributed by atoms with van der Waals surface area (Å²) >= 11 is 0. The predicted molar refractivity (Wildman–Crippen MR) is 101 cm³/mol. The first-order valence-electron chi connectivity index (χ1n) is 8.01. The van der Waals surface area contributed by atoms with E-state index in [4.69, 9.17) is 10.5 Å². The summed E-state index contributed by atoms with van der Waals surface area (Å²) in [7, 11) is 0. The van der Waals surface area contributed by atoms with Crippen molar-refractivity contribution in [1.29, 1.82) is 0 Å². The molecule has 6 nitrogen and oxygen atoms in total. The van der Waals surface area contributed by atoms with Crippen molar-refractivity contribution in [2.75, 3.05) is 26.2 Å². The smallest absolute Gasteiger partial charge is 0.407 e. The largest absolute Gasteiger partial charge is 0.450 e. The number of piperidine rings is 1. The molecule has 1 fully saturated rings. The molecule has 0 spiro atoms. The summed E-state index contributed by atoms with van der Waals surface area (Å²) in [6, 6.07) is -0.0348. The zero-order chi connectivity index (χ0) is 15.7. The molecule has 1 atom stereocenters. The van der Waals surface area contributed by atoms with Crippen molar-refractivity contribution in [3.63, 3.8) is 0 Å². The molecule has 0 bridgehead atoms. The molecule has 1 amide bonds. The van der Waals surface area contributed by atoms with Gasteiger partial charge < -0.3 is 20.7 Å². The second kappa shape index (κ2) is 11.8. The molecule has 0 aromatic heterocycles. The molecule has 22 heavy (non-hydrogen) atoms. The number of amides is 1. The first kappa shape index (κ1) is 21.3. The number of ether oxygens (including phenoxy) is 1. The summed E-state index contributed by atoms with van der Waals surface area (Å²) in [6.07, 6.45) is 4.09. The minimum absolute atomic E-state index is 0. The number of hydrogen-bond acceptors (Lipinski definition) is 3. The normalized spacial score (nSPS) is 16.9. The first-order valence-corrected chi connectivity index (χ1v) is 8.01. The molecular weight excluding hydrogens is 395 g/mol. The van der Waals surface area contributed by atoms with Crippen LogP contribution in [0.25, 0.3) is 0 Å². The SMILES string of the molecule is CCOC(=O)NC(CN=C(N)N1CCCCC1)CC(C)C.I. The predicted octanol–water partition coefficient (Wildman–Crippen LogP) is 2.57. The van der Waals surface area contributed by atoms with Crippen LogP contribution in [0.4, 0.5) is 4.79 Å². The fourth-order valence-electron chi connectivity index (χ4n) is 2.51. The zero-order valence-corrected chi connectivity index (χ0v) is 16.3. The van der Waals surface area contributed by atoms with Crippen LogP contribution in [-0.4, -0.2) is 49.2 Å². The van der Waals surface area contributed by atoms with Crippen LogP contribution in [0.15, 0.2) is 4.99 Å². The molecule has 1 heterocycles. The molecule has 1 unspecified atom stereocenters. The molecular formula is C15H31IN4O2. The lowest BCUT2D eigenvalue weighted by atomic mass is 10.0. The monoisotopic (exact) mass is 426 g/mol. The highest BCUT2D eigenvalue weighted by molar-refractivity contribution is 14.0. The lowest BCUT2D eigenvalue weighted by molar-refractivity contribution is 0.147. The van der Waals surface area contributed by atoms with Gasteiger partial charge in [-0.3, -0.25) is 4.99 Å². The van der Waals surface area contributed by atoms with Crippen LogP contribution >= 0.6 is 24.0 Å². The van der Waals surface area contributed by atoms with Gasteiger partial charge >= 0.3 is 6.09 Å². The average Bonchev–Trinajstić information content (AvgIpc) is 2.45. The number of nitrogens with one attached hydrogen (secondary N) is 1. The lowest BCUT2D eigenvalue weighted by Crippen LogP contribution is -2.43. The standard InChI is InChI=1S/C15H30N4O2.HI/c1-4-21-15(20)18-13(10-12(2)3)11-17-14(16)19-8-6-5-7-9-19;/h12-13H,4-11H2,1-3H3,(H2,16,17)(H,18,20);1H. The number of alkyl carbamates (subject to hydrolysis) is 1. The van der Waals surface area contributed by atoms with E-state index in [9.17, 15) is 4.79 Å². The van der Waals surface area contributed by atoms with E-state index in [-0.39, 0.29) is 36.1 Å². The fraction of sp³-hybridized carbons (Fsp3) is 0.867. The van der Waals surface area contributed by atoms with Gasteiger partial charge in [-0.2, -0.15) is 0 Å². The summed E-state index contributed by atoms with van der Waals surface area (Å²) in [6.45, 7) is 8.88. The molecule has 3 N–H and O–H groups in total. The van der Waals surface area contributed by atoms with Gasteiger partial charge in [-0.1, -0.05) is 13.8 Å². The van der Waals surface area contributed by atoms with E-state index in [0.29, 0.717) is 25.0 Å². The third-order valence-electron chi connectivity index (χ3n) is 3.51. The second-order valence-electron chi connectivity index (χ2n) is 5.94. The topological polar surface area (TPSA) is 79.9 Å². The van der Waals surface area contributed by atoms with Crippen molar-refractivity contribution in [3.8, 4) is 0 Å². The first-order chi connectivity index (χ1) is 10.0. The number of carbonyl (C=O) groups is 1. The number of aliphatic imine (C=N–C) groups is 1. The number of nitrogens with zero attached hydrogens (tertiary/aromatic N) is 2. The Balaban J connectivity index is 0.00000441. The van der Waals surface area contributed by atoms with Gasteiger partial charge in [0.15, 0.2) is 5.96 Å². The molecule has 0 aromatic rings. The fourth-order valence-corrected chi connectivity index (χ4v) is 2.51. The molecule has 7 heteroatoms. The van der Waals surface area contributed by atoms with Crippen LogP contribution in [0.1, 0.15) is 46.5 Å². The molecule has 1 aliphatic heterocycles. The van der Waals surface area contributed by atoms with E-state index in [1.165, 1.54) is 19.3 Å². The van der Waals surface area contributed by atoms with Crippen LogP contribution < -0.4 is 11.1 Å². The van der Waals surface area contributed by atoms with Gasteiger partial charge in [-0.05, 0) is 38.5 Å². The van der Waals surface area contributed by atoms with Crippen molar-refractivity contribution < 1.29 is 9.53 Å². The lowest BCUT2D eigenvalue weighted by Gasteiger charge is -2.28. The minimum Gasteiger partial charge on any atom is -0.450 e. The number of halogens is 1. The molecule has 1 aliphatic rings. The van der Waals surface area contributed by atoms with Crippen LogP contribution in [0.2, 0.25) is 0 Å². The van der Waals surface area contributed by atoms with Gasteiger partial charge in [0.2, 0.25) is 0 Å². The summed E-state index contributed by atoms with van der Waals surface area (Å²) in [5.74, 6) is 1.07. The maximum absolute atomic E-state index is 11.6. The van der Waals surface area contributed by atoms with Gasteiger partial charge in [0.1, 0.15) is 0 Å². The highest BCUT2D eigenvalue weighted by Gasteiger charge is 2.16. The number of rotatable bonds is 6. The van der Waals surface area contributed by atoms with Crippen LogP contribution in [0.3, 0.4) is 0 Å². The molecule has 130 valence electrons. The third kappa shape index (κ3) is 8.65. The van der Waals surface area contributed by atoms with Gasteiger partial charge in [0, 0.05) is 13.1 Å². The molecule has 1 rings (SSSR count). The summed E-state index contributed by atoms with van der Waals surface area (Å²) in [4.78, 5) is 18.1. The summed E-state index contributed by atoms with van der Waals surface area (Å²) in [5.41, 5.74) is 6.05. The molecule has 0 aromatic carbocycles. The third-order valence-corrected chi connectivity index (χ3v) is 3.51. The van der Waals surface area contributed by atoms with Crippen molar-refractivity contribution in [2.45, 2.75) is 52.5 Å². The van der Waals surface area contributed by atoms with E-state index in [1.54, 1.807) is 6.92 Å². The van der Waals surface area contributed by atoms with E-state index in [2.05, 4.69) is 29.1 Å². The Hall–Kier alpha value is -0.730. The van der Waals surface area contributed by atoms with Gasteiger partial charge in [0.25, 0.3) is 0 Å². The maximum atomic E-state index is 11.6. The van der Waals surface area contributed by atoms with E-state index < -0.39 is 0 Å². The Kier molecular flexibility index (Phi) is 11.4. The van der Waals surface area contributed by atoms with E-state index in [0.717, 1.165) is 19.5 Å². The van der Waals surface area contributed by atoms with E-state index in [1.807, 2.05) is 0 Å². The number of guanidine groups is 1. The van der Waals surface area contributed by atoms with Gasteiger partial charge in [0.05, 0.1) is 19.2 Å².